The molecule has 2 unspecified atom stereocenters. The summed E-state index contributed by atoms with van der Waals surface area (Å²) in [5, 5.41) is 2.82. The Hall–Kier alpha value is 0.170. The molecule has 0 aliphatic heterocycles. The van der Waals surface area contributed by atoms with Crippen LogP contribution in [0, 0.1) is 5.92 Å². The number of nitrogens with one attached hydrogen (secondary N) is 1. The smallest absolute Gasteiger partial charge is 0.223 e. The molecule has 0 heterocycles. The summed E-state index contributed by atoms with van der Waals surface area (Å²) >= 11 is 8.08. The number of hydrogen-bond acceptors (Lipinski definition) is 3. The van der Waals surface area contributed by atoms with Gasteiger partial charge in [0, 0.05) is 23.5 Å². The van der Waals surface area contributed by atoms with Crippen LogP contribution in [-0.4, -0.2) is 23.5 Å². The Morgan fingerprint density at radius 2 is 1.91 bits per heavy atom. The predicted molar refractivity (Wildman–Crippen MR) is 54.5 cm³/mol. The number of amides is 1. The molecular weight excluding hydrogens is 178 g/mol. The Bertz CT molecular complexity index is 130. The van der Waals surface area contributed by atoms with Crippen molar-refractivity contribution in [3.8, 4) is 0 Å². The van der Waals surface area contributed by atoms with Crippen molar-refractivity contribution in [3.05, 3.63) is 0 Å². The van der Waals surface area contributed by atoms with E-state index in [0.29, 0.717) is 11.5 Å². The van der Waals surface area contributed by atoms with E-state index >= 15 is 0 Å². The molecule has 0 aliphatic rings. The summed E-state index contributed by atoms with van der Waals surface area (Å²) in [5.41, 5.74) is 0. The van der Waals surface area contributed by atoms with Crippen LogP contribution in [-0.2, 0) is 4.79 Å². The van der Waals surface area contributed by atoms with Crippen molar-refractivity contribution in [1.82, 2.24) is 5.32 Å². The molecule has 0 spiro atoms. The second kappa shape index (κ2) is 5.77. The van der Waals surface area contributed by atoms with Crippen molar-refractivity contribution >= 4 is 31.2 Å². The maximum atomic E-state index is 11.1. The standard InChI is InChI=1S/C7H15NOS2/c1-5(3-10)7(9)8-6(2)4-11/h5-6,10-11H,3-4H2,1-2H3,(H,8,9). The van der Waals surface area contributed by atoms with E-state index in [0.717, 1.165) is 0 Å². The zero-order valence-electron chi connectivity index (χ0n) is 6.87. The lowest BCUT2D eigenvalue weighted by molar-refractivity contribution is -0.124. The van der Waals surface area contributed by atoms with Crippen LogP contribution >= 0.6 is 25.3 Å². The minimum atomic E-state index is -0.0133. The first-order valence-electron chi connectivity index (χ1n) is 3.64. The van der Waals surface area contributed by atoms with E-state index in [9.17, 15) is 4.79 Å². The first-order valence-corrected chi connectivity index (χ1v) is 4.90. The summed E-state index contributed by atoms with van der Waals surface area (Å²) in [6.45, 7) is 3.78. The minimum Gasteiger partial charge on any atom is -0.353 e. The highest BCUT2D eigenvalue weighted by Gasteiger charge is 2.11. The molecule has 0 radical (unpaired) electrons. The Balaban J connectivity index is 3.68. The molecule has 11 heavy (non-hydrogen) atoms. The molecule has 0 saturated carbocycles. The van der Waals surface area contributed by atoms with Gasteiger partial charge in [-0.05, 0) is 6.92 Å². The van der Waals surface area contributed by atoms with Gasteiger partial charge in [0.1, 0.15) is 0 Å². The highest BCUT2D eigenvalue weighted by Crippen LogP contribution is 1.98. The van der Waals surface area contributed by atoms with Crippen LogP contribution in [0.1, 0.15) is 13.8 Å². The number of hydrogen-bond donors (Lipinski definition) is 3. The van der Waals surface area contributed by atoms with Gasteiger partial charge >= 0.3 is 0 Å². The third kappa shape index (κ3) is 4.58. The molecule has 0 rings (SSSR count). The van der Waals surface area contributed by atoms with Crippen LogP contribution in [0.2, 0.25) is 0 Å². The average Bonchev–Trinajstić information content (AvgIpc) is 2.02. The van der Waals surface area contributed by atoms with E-state index < -0.39 is 0 Å². The molecule has 1 amide bonds. The molecule has 1 N–H and O–H groups in total. The molecule has 4 heteroatoms. The first-order chi connectivity index (χ1) is 5.11. The molecule has 0 aromatic heterocycles. The van der Waals surface area contributed by atoms with Crippen molar-refractivity contribution in [1.29, 1.82) is 0 Å². The quantitative estimate of drug-likeness (QED) is 0.571. The Morgan fingerprint density at radius 1 is 1.36 bits per heavy atom. The van der Waals surface area contributed by atoms with Crippen molar-refractivity contribution in [2.75, 3.05) is 11.5 Å². The number of rotatable bonds is 4. The maximum Gasteiger partial charge on any atom is 0.223 e. The first kappa shape index (κ1) is 11.2. The number of thiol groups is 2. The monoisotopic (exact) mass is 193 g/mol. The van der Waals surface area contributed by atoms with Gasteiger partial charge in [-0.25, -0.2) is 0 Å². The van der Waals surface area contributed by atoms with Gasteiger partial charge < -0.3 is 5.32 Å². The van der Waals surface area contributed by atoms with Crippen molar-refractivity contribution in [2.45, 2.75) is 19.9 Å². The topological polar surface area (TPSA) is 29.1 Å². The molecule has 2 atom stereocenters. The van der Waals surface area contributed by atoms with Crippen LogP contribution < -0.4 is 5.32 Å². The van der Waals surface area contributed by atoms with Crippen LogP contribution in [0.3, 0.4) is 0 Å². The Kier molecular flexibility index (Phi) is 5.86. The van der Waals surface area contributed by atoms with Gasteiger partial charge in [0.25, 0.3) is 0 Å². The fourth-order valence-corrected chi connectivity index (χ4v) is 0.771. The third-order valence-corrected chi connectivity index (χ3v) is 2.48. The normalized spacial score (nSPS) is 15.6. The van der Waals surface area contributed by atoms with Gasteiger partial charge in [-0.2, -0.15) is 25.3 Å². The second-order valence-electron chi connectivity index (χ2n) is 2.68. The van der Waals surface area contributed by atoms with E-state index in [-0.39, 0.29) is 17.9 Å². The van der Waals surface area contributed by atoms with E-state index in [1.807, 2.05) is 13.8 Å². The number of carbonyl (C=O) groups is 1. The highest BCUT2D eigenvalue weighted by atomic mass is 32.1. The summed E-state index contributed by atoms with van der Waals surface area (Å²) in [6, 6.07) is 0.146. The Labute approximate surface area is 79.0 Å². The lowest BCUT2D eigenvalue weighted by Crippen LogP contribution is -2.37. The van der Waals surface area contributed by atoms with Crippen molar-refractivity contribution in [3.63, 3.8) is 0 Å². The van der Waals surface area contributed by atoms with Crippen LogP contribution in [0.4, 0.5) is 0 Å². The third-order valence-electron chi connectivity index (χ3n) is 1.38. The zero-order chi connectivity index (χ0) is 8.85. The summed E-state index contributed by atoms with van der Waals surface area (Å²) in [6.07, 6.45) is 0. The molecular formula is C7H15NOS2. The average molecular weight is 193 g/mol. The summed E-state index contributed by atoms with van der Waals surface area (Å²) < 4.78 is 0. The van der Waals surface area contributed by atoms with E-state index in [1.165, 1.54) is 0 Å². The highest BCUT2D eigenvalue weighted by molar-refractivity contribution is 7.80. The van der Waals surface area contributed by atoms with Gasteiger partial charge in [0.15, 0.2) is 0 Å². The fourth-order valence-electron chi connectivity index (χ4n) is 0.514. The van der Waals surface area contributed by atoms with Gasteiger partial charge in [-0.3, -0.25) is 4.79 Å². The van der Waals surface area contributed by atoms with Crippen molar-refractivity contribution in [2.24, 2.45) is 5.92 Å². The molecule has 0 fully saturated rings. The summed E-state index contributed by atoms with van der Waals surface area (Å²) in [5.74, 6) is 1.30. The van der Waals surface area contributed by atoms with Crippen molar-refractivity contribution < 1.29 is 4.79 Å². The molecule has 0 aromatic carbocycles. The van der Waals surface area contributed by atoms with E-state index in [4.69, 9.17) is 0 Å². The summed E-state index contributed by atoms with van der Waals surface area (Å²) in [4.78, 5) is 11.1. The number of carbonyl (C=O) groups excluding carboxylic acids is 1. The molecule has 0 saturated heterocycles. The SMILES string of the molecule is CC(CS)NC(=O)C(C)CS. The lowest BCUT2D eigenvalue weighted by atomic mass is 10.2. The predicted octanol–water partition coefficient (Wildman–Crippen LogP) is 0.987. The zero-order valence-corrected chi connectivity index (χ0v) is 8.66. The molecule has 2 nitrogen and oxygen atoms in total. The van der Waals surface area contributed by atoms with Crippen LogP contribution in [0.5, 0.6) is 0 Å². The van der Waals surface area contributed by atoms with E-state index in [1.54, 1.807) is 0 Å². The minimum absolute atomic E-state index is 0.0133. The molecule has 0 aliphatic carbocycles. The van der Waals surface area contributed by atoms with E-state index in [2.05, 4.69) is 30.6 Å². The summed E-state index contributed by atoms with van der Waals surface area (Å²) in [7, 11) is 0. The van der Waals surface area contributed by atoms with Crippen LogP contribution in [0.15, 0.2) is 0 Å². The molecule has 66 valence electrons. The molecule has 0 aromatic rings. The second-order valence-corrected chi connectivity index (χ2v) is 3.41. The largest absolute Gasteiger partial charge is 0.353 e. The lowest BCUT2D eigenvalue weighted by Gasteiger charge is -2.13. The van der Waals surface area contributed by atoms with Gasteiger partial charge in [-0.15, -0.1) is 0 Å². The van der Waals surface area contributed by atoms with Crippen LogP contribution in [0.25, 0.3) is 0 Å². The Morgan fingerprint density at radius 3 is 2.27 bits per heavy atom. The molecule has 0 bridgehead atoms. The fraction of sp³-hybridized carbons (Fsp3) is 0.857. The maximum absolute atomic E-state index is 11.1. The van der Waals surface area contributed by atoms with Gasteiger partial charge in [0.2, 0.25) is 5.91 Å². The van der Waals surface area contributed by atoms with Gasteiger partial charge in [-0.1, -0.05) is 6.92 Å². The van der Waals surface area contributed by atoms with Gasteiger partial charge in [0.05, 0.1) is 0 Å².